The topological polar surface area (TPSA) is 64.6 Å². The average Bonchev–Trinajstić information content (AvgIpc) is 3.15. The minimum Gasteiger partial charge on any atom is -0.467 e. The van der Waals surface area contributed by atoms with E-state index < -0.39 is 18.1 Å². The van der Waals surface area contributed by atoms with Crippen molar-refractivity contribution in [3.63, 3.8) is 0 Å². The van der Waals surface area contributed by atoms with Gasteiger partial charge in [0.25, 0.3) is 0 Å². The molecule has 0 spiro atoms. The molecule has 104 valence electrons. The van der Waals surface area contributed by atoms with Gasteiger partial charge in [-0.2, -0.15) is 0 Å². The fourth-order valence-electron chi connectivity index (χ4n) is 1.54. The Morgan fingerprint density at radius 2 is 1.89 bits per heavy atom. The molecule has 1 aliphatic rings. The Labute approximate surface area is 108 Å². The molecule has 0 aromatic rings. The summed E-state index contributed by atoms with van der Waals surface area (Å²) in [7, 11) is 1.32. The zero-order valence-corrected chi connectivity index (χ0v) is 11.6. The monoisotopic (exact) mass is 257 g/mol. The van der Waals surface area contributed by atoms with Crippen LogP contribution in [-0.4, -0.2) is 37.7 Å². The van der Waals surface area contributed by atoms with Crippen LogP contribution in [0, 0.1) is 11.8 Å². The van der Waals surface area contributed by atoms with E-state index >= 15 is 0 Å². The number of carbonyl (C=O) groups excluding carboxylic acids is 2. The van der Waals surface area contributed by atoms with Gasteiger partial charge in [0.1, 0.15) is 12.1 Å². The lowest BCUT2D eigenvalue weighted by atomic mass is 10.0. The molecule has 2 unspecified atom stereocenters. The van der Waals surface area contributed by atoms with Crippen LogP contribution in [0.4, 0.5) is 0 Å². The molecule has 18 heavy (non-hydrogen) atoms. The first-order chi connectivity index (χ1) is 8.45. The molecule has 1 N–H and O–H groups in total. The predicted octanol–water partition coefficient (Wildman–Crippen LogP) is 1.12. The van der Waals surface area contributed by atoms with Crippen molar-refractivity contribution >= 4 is 11.9 Å². The van der Waals surface area contributed by atoms with Crippen LogP contribution in [0.2, 0.25) is 0 Å². The lowest BCUT2D eigenvalue weighted by Gasteiger charge is -2.22. The maximum absolute atomic E-state index is 11.9. The van der Waals surface area contributed by atoms with Crippen LogP contribution < -0.4 is 5.32 Å². The minimum absolute atomic E-state index is 0.0166. The van der Waals surface area contributed by atoms with E-state index in [0.717, 1.165) is 0 Å². The van der Waals surface area contributed by atoms with Gasteiger partial charge in [0.2, 0.25) is 5.91 Å². The molecule has 0 heterocycles. The maximum atomic E-state index is 11.9. The normalized spacial score (nSPS) is 18.3. The Morgan fingerprint density at radius 1 is 1.28 bits per heavy atom. The van der Waals surface area contributed by atoms with E-state index in [0.29, 0.717) is 12.5 Å². The Kier molecular flexibility index (Phi) is 5.59. The molecular weight excluding hydrogens is 234 g/mol. The van der Waals surface area contributed by atoms with E-state index in [9.17, 15) is 9.59 Å². The van der Waals surface area contributed by atoms with Gasteiger partial charge in [-0.05, 0) is 31.6 Å². The zero-order valence-electron chi connectivity index (χ0n) is 11.6. The highest BCUT2D eigenvalue weighted by Gasteiger charge is 2.28. The molecule has 5 heteroatoms. The van der Waals surface area contributed by atoms with Crippen molar-refractivity contribution in [1.82, 2.24) is 5.32 Å². The summed E-state index contributed by atoms with van der Waals surface area (Å²) in [6.45, 7) is 6.04. The molecule has 1 fully saturated rings. The first-order valence-electron chi connectivity index (χ1n) is 6.45. The molecule has 0 saturated heterocycles. The Balaban J connectivity index is 2.40. The summed E-state index contributed by atoms with van der Waals surface area (Å²) in [5, 5.41) is 2.67. The van der Waals surface area contributed by atoms with Gasteiger partial charge in [0.05, 0.1) is 13.7 Å². The lowest BCUT2D eigenvalue weighted by Crippen LogP contribution is -2.48. The quantitative estimate of drug-likeness (QED) is 0.694. The van der Waals surface area contributed by atoms with E-state index in [4.69, 9.17) is 4.74 Å². The molecule has 1 saturated carbocycles. The highest BCUT2D eigenvalue weighted by atomic mass is 16.5. The number of amides is 1. The van der Waals surface area contributed by atoms with Crippen LogP contribution in [0.1, 0.15) is 33.6 Å². The molecule has 5 nitrogen and oxygen atoms in total. The van der Waals surface area contributed by atoms with Gasteiger partial charge in [-0.15, -0.1) is 0 Å². The van der Waals surface area contributed by atoms with E-state index in [2.05, 4.69) is 10.1 Å². The molecule has 2 atom stereocenters. The SMILES string of the molecule is COC(=O)C(NC(=O)C(C)OCC1CC1)C(C)C. The Hall–Kier alpha value is -1.10. The van der Waals surface area contributed by atoms with Crippen molar-refractivity contribution in [2.75, 3.05) is 13.7 Å². The second kappa shape index (κ2) is 6.73. The van der Waals surface area contributed by atoms with Crippen molar-refractivity contribution in [3.8, 4) is 0 Å². The molecule has 0 aromatic heterocycles. The van der Waals surface area contributed by atoms with Crippen LogP contribution in [0.3, 0.4) is 0 Å². The number of hydrogen-bond acceptors (Lipinski definition) is 4. The number of rotatable bonds is 7. The molecular formula is C13H23NO4. The summed E-state index contributed by atoms with van der Waals surface area (Å²) in [5.74, 6) is -0.0914. The van der Waals surface area contributed by atoms with Crippen LogP contribution in [0.15, 0.2) is 0 Å². The van der Waals surface area contributed by atoms with Gasteiger partial charge in [0.15, 0.2) is 0 Å². The molecule has 0 aliphatic heterocycles. The molecule has 1 amide bonds. The summed E-state index contributed by atoms with van der Waals surface area (Å²) >= 11 is 0. The van der Waals surface area contributed by atoms with E-state index in [-0.39, 0.29) is 11.8 Å². The van der Waals surface area contributed by atoms with Crippen molar-refractivity contribution < 1.29 is 19.1 Å². The molecule has 1 aliphatic carbocycles. The second-order valence-electron chi connectivity index (χ2n) is 5.17. The molecule has 1 rings (SSSR count). The lowest BCUT2D eigenvalue weighted by molar-refractivity contribution is -0.148. The third-order valence-corrected chi connectivity index (χ3v) is 3.07. The smallest absolute Gasteiger partial charge is 0.328 e. The summed E-state index contributed by atoms with van der Waals surface area (Å²) in [4.78, 5) is 23.4. The van der Waals surface area contributed by atoms with E-state index in [1.807, 2.05) is 13.8 Å². The van der Waals surface area contributed by atoms with Gasteiger partial charge in [-0.1, -0.05) is 13.8 Å². The highest BCUT2D eigenvalue weighted by molar-refractivity contribution is 5.86. The summed E-state index contributed by atoms with van der Waals surface area (Å²) in [6.07, 6.45) is 1.84. The summed E-state index contributed by atoms with van der Waals surface area (Å²) in [6, 6.07) is -0.616. The van der Waals surface area contributed by atoms with Crippen LogP contribution in [0.5, 0.6) is 0 Å². The fraction of sp³-hybridized carbons (Fsp3) is 0.846. The Bertz CT molecular complexity index is 299. The fourth-order valence-corrected chi connectivity index (χ4v) is 1.54. The number of carbonyl (C=O) groups is 2. The number of esters is 1. The Morgan fingerprint density at radius 3 is 2.33 bits per heavy atom. The van der Waals surface area contributed by atoms with Gasteiger partial charge in [0, 0.05) is 0 Å². The zero-order chi connectivity index (χ0) is 13.7. The second-order valence-corrected chi connectivity index (χ2v) is 5.17. The highest BCUT2D eigenvalue weighted by Crippen LogP contribution is 2.29. The third kappa shape index (κ3) is 4.64. The predicted molar refractivity (Wildman–Crippen MR) is 66.9 cm³/mol. The van der Waals surface area contributed by atoms with Crippen molar-refractivity contribution in [2.45, 2.75) is 45.8 Å². The standard InChI is InChI=1S/C13H23NO4/c1-8(2)11(13(16)17-4)14-12(15)9(3)18-7-10-5-6-10/h8-11H,5-7H2,1-4H3,(H,14,15). The van der Waals surface area contributed by atoms with Crippen molar-refractivity contribution in [3.05, 3.63) is 0 Å². The molecule has 0 radical (unpaired) electrons. The third-order valence-electron chi connectivity index (χ3n) is 3.07. The van der Waals surface area contributed by atoms with Crippen molar-refractivity contribution in [1.29, 1.82) is 0 Å². The first kappa shape index (κ1) is 15.0. The number of hydrogen-bond donors (Lipinski definition) is 1. The van der Waals surface area contributed by atoms with E-state index in [1.54, 1.807) is 6.92 Å². The maximum Gasteiger partial charge on any atom is 0.328 e. The van der Waals surface area contributed by atoms with Gasteiger partial charge in [-0.25, -0.2) is 4.79 Å². The van der Waals surface area contributed by atoms with Crippen LogP contribution in [-0.2, 0) is 19.1 Å². The number of nitrogens with one attached hydrogen (secondary N) is 1. The summed E-state index contributed by atoms with van der Waals surface area (Å²) in [5.41, 5.74) is 0. The van der Waals surface area contributed by atoms with Gasteiger partial charge in [-0.3, -0.25) is 4.79 Å². The van der Waals surface area contributed by atoms with Crippen LogP contribution in [0.25, 0.3) is 0 Å². The average molecular weight is 257 g/mol. The molecule has 0 bridgehead atoms. The minimum atomic E-state index is -0.616. The van der Waals surface area contributed by atoms with Crippen LogP contribution >= 0.6 is 0 Å². The number of ether oxygens (including phenoxy) is 2. The van der Waals surface area contributed by atoms with Gasteiger partial charge >= 0.3 is 5.97 Å². The number of methoxy groups -OCH3 is 1. The van der Waals surface area contributed by atoms with Crippen molar-refractivity contribution in [2.24, 2.45) is 11.8 Å². The van der Waals surface area contributed by atoms with Gasteiger partial charge < -0.3 is 14.8 Å². The largest absolute Gasteiger partial charge is 0.467 e. The first-order valence-corrected chi connectivity index (χ1v) is 6.45. The van der Waals surface area contributed by atoms with E-state index in [1.165, 1.54) is 20.0 Å². The summed E-state index contributed by atoms with van der Waals surface area (Å²) < 4.78 is 10.1. The molecule has 0 aromatic carbocycles.